The fraction of sp³-hybridized carbons (Fsp3) is 0.474. The monoisotopic (exact) mass is 384 g/mol. The van der Waals surface area contributed by atoms with Gasteiger partial charge >= 0.3 is 0 Å². The van der Waals surface area contributed by atoms with Crippen LogP contribution in [-0.4, -0.2) is 39.2 Å². The topological polar surface area (TPSA) is 85.3 Å². The first-order valence-electron chi connectivity index (χ1n) is 9.38. The number of rotatable bonds is 5. The van der Waals surface area contributed by atoms with Crippen molar-refractivity contribution in [3.8, 4) is 10.6 Å². The molecule has 7 nitrogen and oxygen atoms in total. The molecule has 4 heterocycles. The SMILES string of the molecule is O=C(c1cc(-c2cccs2)on1)N1CCCC(Cc2nc(C3CC3)no2)C1. The molecule has 27 heavy (non-hydrogen) atoms. The molecule has 0 aromatic carbocycles. The van der Waals surface area contributed by atoms with Gasteiger partial charge in [-0.1, -0.05) is 16.4 Å². The van der Waals surface area contributed by atoms with Crippen LogP contribution in [0.5, 0.6) is 0 Å². The molecule has 2 aliphatic rings. The first-order chi connectivity index (χ1) is 13.3. The van der Waals surface area contributed by atoms with E-state index in [-0.39, 0.29) is 5.91 Å². The van der Waals surface area contributed by atoms with Gasteiger partial charge in [-0.3, -0.25) is 4.79 Å². The largest absolute Gasteiger partial charge is 0.355 e. The highest BCUT2D eigenvalue weighted by molar-refractivity contribution is 7.13. The maximum atomic E-state index is 12.8. The summed E-state index contributed by atoms with van der Waals surface area (Å²) in [6, 6.07) is 5.64. The number of aromatic nitrogens is 3. The Labute approximate surface area is 160 Å². The van der Waals surface area contributed by atoms with E-state index >= 15 is 0 Å². The van der Waals surface area contributed by atoms with Crippen molar-refractivity contribution in [2.75, 3.05) is 13.1 Å². The van der Waals surface area contributed by atoms with E-state index in [1.807, 2.05) is 22.4 Å². The van der Waals surface area contributed by atoms with Crippen molar-refractivity contribution in [1.29, 1.82) is 0 Å². The lowest BCUT2D eigenvalue weighted by Gasteiger charge is -2.31. The Balaban J connectivity index is 1.24. The van der Waals surface area contributed by atoms with Crippen LogP contribution in [0.15, 0.2) is 32.6 Å². The number of hydrogen-bond donors (Lipinski definition) is 0. The predicted molar refractivity (Wildman–Crippen MR) is 98.4 cm³/mol. The van der Waals surface area contributed by atoms with Gasteiger partial charge in [0.2, 0.25) is 5.89 Å². The molecule has 0 bridgehead atoms. The lowest BCUT2D eigenvalue weighted by Crippen LogP contribution is -2.40. The zero-order chi connectivity index (χ0) is 18.2. The number of likely N-dealkylation sites (tertiary alicyclic amines) is 1. The van der Waals surface area contributed by atoms with Gasteiger partial charge in [-0.15, -0.1) is 11.3 Å². The number of hydrogen-bond acceptors (Lipinski definition) is 7. The Morgan fingerprint density at radius 1 is 1.26 bits per heavy atom. The van der Waals surface area contributed by atoms with Crippen LogP contribution < -0.4 is 0 Å². The molecule has 2 fully saturated rings. The van der Waals surface area contributed by atoms with Crippen molar-refractivity contribution < 1.29 is 13.8 Å². The molecule has 1 saturated heterocycles. The van der Waals surface area contributed by atoms with Crippen LogP contribution in [0.2, 0.25) is 0 Å². The lowest BCUT2D eigenvalue weighted by molar-refractivity contribution is 0.0658. The van der Waals surface area contributed by atoms with Gasteiger partial charge in [0.05, 0.1) is 4.88 Å². The minimum absolute atomic E-state index is 0.0737. The molecule has 140 valence electrons. The van der Waals surface area contributed by atoms with Crippen molar-refractivity contribution in [2.45, 2.75) is 38.0 Å². The van der Waals surface area contributed by atoms with Crippen LogP contribution in [0.4, 0.5) is 0 Å². The van der Waals surface area contributed by atoms with Gasteiger partial charge < -0.3 is 13.9 Å². The predicted octanol–water partition coefficient (Wildman–Crippen LogP) is 3.76. The summed E-state index contributed by atoms with van der Waals surface area (Å²) in [7, 11) is 0. The van der Waals surface area contributed by atoms with Crippen LogP contribution in [-0.2, 0) is 6.42 Å². The van der Waals surface area contributed by atoms with Crippen molar-refractivity contribution in [2.24, 2.45) is 5.92 Å². The smallest absolute Gasteiger partial charge is 0.276 e. The summed E-state index contributed by atoms with van der Waals surface area (Å²) >= 11 is 1.56. The third-order valence-electron chi connectivity index (χ3n) is 5.19. The summed E-state index contributed by atoms with van der Waals surface area (Å²) in [5, 5.41) is 10.0. The molecule has 0 radical (unpaired) electrons. The fourth-order valence-corrected chi connectivity index (χ4v) is 4.27. The van der Waals surface area contributed by atoms with Crippen molar-refractivity contribution in [1.82, 2.24) is 20.2 Å². The second-order valence-corrected chi connectivity index (χ2v) is 8.29. The number of piperidine rings is 1. The van der Waals surface area contributed by atoms with E-state index < -0.39 is 0 Å². The van der Waals surface area contributed by atoms with E-state index in [2.05, 4.69) is 15.3 Å². The number of thiophene rings is 1. The summed E-state index contributed by atoms with van der Waals surface area (Å²) in [5.74, 6) is 2.93. The van der Waals surface area contributed by atoms with Crippen LogP contribution >= 0.6 is 11.3 Å². The average molecular weight is 384 g/mol. The molecule has 0 spiro atoms. The van der Waals surface area contributed by atoms with Crippen LogP contribution in [0.1, 0.15) is 53.8 Å². The van der Waals surface area contributed by atoms with E-state index in [4.69, 9.17) is 9.05 Å². The molecule has 1 aliphatic heterocycles. The van der Waals surface area contributed by atoms with Crippen LogP contribution in [0.3, 0.4) is 0 Å². The van der Waals surface area contributed by atoms with Gasteiger partial charge in [0, 0.05) is 31.5 Å². The molecule has 3 aromatic rings. The molecular formula is C19H20N4O3S. The summed E-state index contributed by atoms with van der Waals surface area (Å²) in [6.07, 6.45) is 5.08. The van der Waals surface area contributed by atoms with Crippen LogP contribution in [0.25, 0.3) is 10.6 Å². The highest BCUT2D eigenvalue weighted by Crippen LogP contribution is 2.38. The first-order valence-corrected chi connectivity index (χ1v) is 10.3. The fourth-order valence-electron chi connectivity index (χ4n) is 3.59. The minimum Gasteiger partial charge on any atom is -0.355 e. The Morgan fingerprint density at radius 3 is 3.00 bits per heavy atom. The van der Waals surface area contributed by atoms with Gasteiger partial charge in [0.1, 0.15) is 0 Å². The summed E-state index contributed by atoms with van der Waals surface area (Å²) < 4.78 is 10.8. The van der Waals surface area contributed by atoms with Crippen molar-refractivity contribution in [3.63, 3.8) is 0 Å². The molecule has 3 aromatic heterocycles. The third-order valence-corrected chi connectivity index (χ3v) is 6.07. The quantitative estimate of drug-likeness (QED) is 0.666. The van der Waals surface area contributed by atoms with E-state index in [1.54, 1.807) is 17.4 Å². The van der Waals surface area contributed by atoms with Gasteiger partial charge in [0.25, 0.3) is 5.91 Å². The Hall–Kier alpha value is -2.48. The highest BCUT2D eigenvalue weighted by atomic mass is 32.1. The lowest BCUT2D eigenvalue weighted by atomic mass is 9.94. The van der Waals surface area contributed by atoms with Crippen molar-refractivity contribution >= 4 is 17.2 Å². The van der Waals surface area contributed by atoms with Gasteiger partial charge in [-0.25, -0.2) is 0 Å². The molecular weight excluding hydrogens is 364 g/mol. The molecule has 1 amide bonds. The maximum Gasteiger partial charge on any atom is 0.276 e. The minimum atomic E-state index is -0.0737. The Bertz CT molecular complexity index is 929. The zero-order valence-corrected chi connectivity index (χ0v) is 15.7. The Morgan fingerprint density at radius 2 is 2.19 bits per heavy atom. The normalized spacial score (nSPS) is 20.1. The third kappa shape index (κ3) is 3.53. The molecule has 1 atom stereocenters. The highest BCUT2D eigenvalue weighted by Gasteiger charge is 2.31. The second kappa shape index (κ2) is 6.92. The van der Waals surface area contributed by atoms with E-state index in [9.17, 15) is 4.79 Å². The summed E-state index contributed by atoms with van der Waals surface area (Å²) in [6.45, 7) is 1.43. The molecule has 1 unspecified atom stereocenters. The van der Waals surface area contributed by atoms with Crippen molar-refractivity contribution in [3.05, 3.63) is 41.0 Å². The standard InChI is InChI=1S/C19H20N4O3S/c24-19(14-10-15(25-21-14)16-4-2-8-27-16)23-7-1-3-12(11-23)9-17-20-18(22-26-17)13-5-6-13/h2,4,8,10,12-13H,1,3,5-7,9,11H2. The van der Waals surface area contributed by atoms with E-state index in [0.29, 0.717) is 35.7 Å². The maximum absolute atomic E-state index is 12.8. The second-order valence-electron chi connectivity index (χ2n) is 7.34. The average Bonchev–Trinajstić information content (AvgIpc) is 3.11. The summed E-state index contributed by atoms with van der Waals surface area (Å²) in [4.78, 5) is 20.2. The molecule has 1 saturated carbocycles. The number of carbonyl (C=O) groups is 1. The van der Waals surface area contributed by atoms with Crippen LogP contribution in [0, 0.1) is 5.92 Å². The molecule has 8 heteroatoms. The van der Waals surface area contributed by atoms with Gasteiger partial charge in [0.15, 0.2) is 17.3 Å². The zero-order valence-electron chi connectivity index (χ0n) is 14.8. The number of carbonyl (C=O) groups excluding carboxylic acids is 1. The van der Waals surface area contributed by atoms with E-state index in [1.165, 1.54) is 0 Å². The number of nitrogens with zero attached hydrogens (tertiary/aromatic N) is 4. The van der Waals surface area contributed by atoms with Gasteiger partial charge in [-0.05, 0) is 43.0 Å². The Kier molecular flexibility index (Phi) is 4.27. The molecule has 0 N–H and O–H groups in total. The van der Waals surface area contributed by atoms with Gasteiger partial charge in [-0.2, -0.15) is 4.98 Å². The summed E-state index contributed by atoms with van der Waals surface area (Å²) in [5.41, 5.74) is 0.368. The number of amides is 1. The molecule has 5 rings (SSSR count). The molecule has 1 aliphatic carbocycles. The van der Waals surface area contributed by atoms with E-state index in [0.717, 1.165) is 49.4 Å². The first kappa shape index (κ1) is 16.7.